The van der Waals surface area contributed by atoms with Crippen LogP contribution >= 0.6 is 66.1 Å². The van der Waals surface area contributed by atoms with Crippen LogP contribution in [-0.2, 0) is 9.53 Å². The lowest BCUT2D eigenvalue weighted by atomic mass is 10.1. The minimum atomic E-state index is -0.581. The maximum atomic E-state index is 12.5. The molecule has 4 rings (SSSR count). The number of rotatable bonds is 4. The molecule has 0 amide bonds. The van der Waals surface area contributed by atoms with Gasteiger partial charge in [-0.15, -0.1) is 0 Å². The van der Waals surface area contributed by atoms with Gasteiger partial charge in [0.1, 0.15) is 0 Å². The zero-order valence-corrected chi connectivity index (χ0v) is 23.0. The minimum Gasteiger partial charge on any atom is -0.421 e. The van der Waals surface area contributed by atoms with Crippen molar-refractivity contribution in [2.24, 2.45) is 4.99 Å². The van der Waals surface area contributed by atoms with E-state index in [4.69, 9.17) is 21.1 Å². The molecule has 0 aliphatic carbocycles. The molecule has 0 bridgehead atoms. The molecule has 9 heteroatoms. The Labute approximate surface area is 225 Å². The van der Waals surface area contributed by atoms with E-state index >= 15 is 0 Å². The summed E-state index contributed by atoms with van der Waals surface area (Å²) in [6.45, 7) is 1.94. The number of carbonyl (C=O) groups excluding carboxylic acids is 2. The molecule has 33 heavy (non-hydrogen) atoms. The Morgan fingerprint density at radius 1 is 1.09 bits per heavy atom. The highest BCUT2D eigenvalue weighted by atomic mass is 127. The molecular weight excluding hydrogens is 688 g/mol. The van der Waals surface area contributed by atoms with E-state index in [1.807, 2.05) is 25.1 Å². The fraction of sp³-hybridized carbons (Fsp3) is 0.0417. The highest BCUT2D eigenvalue weighted by molar-refractivity contribution is 14.1. The number of ether oxygens (including phenoxy) is 2. The van der Waals surface area contributed by atoms with Gasteiger partial charge in [0.25, 0.3) is 0 Å². The van der Waals surface area contributed by atoms with Crippen molar-refractivity contribution in [3.05, 3.63) is 100 Å². The van der Waals surface area contributed by atoms with Crippen LogP contribution in [0.2, 0.25) is 5.02 Å². The summed E-state index contributed by atoms with van der Waals surface area (Å²) in [5.74, 6) is -0.587. The average molecular weight is 702 g/mol. The lowest BCUT2D eigenvalue weighted by Crippen LogP contribution is -2.09. The minimum absolute atomic E-state index is 0.128. The molecule has 3 aromatic carbocycles. The van der Waals surface area contributed by atoms with E-state index in [2.05, 4.69) is 59.4 Å². The number of nitrogens with zero attached hydrogens (tertiary/aromatic N) is 1. The number of carbonyl (C=O) groups is 2. The van der Waals surface area contributed by atoms with Crippen molar-refractivity contribution >= 4 is 90.0 Å². The summed E-state index contributed by atoms with van der Waals surface area (Å²) in [6.07, 6.45) is 1.58. The molecule has 5 nitrogen and oxygen atoms in total. The van der Waals surface area contributed by atoms with Crippen molar-refractivity contribution in [3.8, 4) is 5.75 Å². The molecular formula is C24H13Br2ClINO4. The van der Waals surface area contributed by atoms with Gasteiger partial charge in [-0.1, -0.05) is 29.3 Å². The molecule has 0 unspecified atom stereocenters. The highest BCUT2D eigenvalue weighted by Crippen LogP contribution is 2.36. The van der Waals surface area contributed by atoms with Crippen LogP contribution in [0.4, 0.5) is 0 Å². The maximum Gasteiger partial charge on any atom is 0.363 e. The highest BCUT2D eigenvalue weighted by Gasteiger charge is 2.26. The first kappa shape index (κ1) is 24.1. The van der Waals surface area contributed by atoms with Gasteiger partial charge in [-0.2, -0.15) is 0 Å². The largest absolute Gasteiger partial charge is 0.421 e. The summed E-state index contributed by atoms with van der Waals surface area (Å²) in [6, 6.07) is 15.9. The third-order valence-corrected chi connectivity index (χ3v) is 6.76. The van der Waals surface area contributed by atoms with Crippen molar-refractivity contribution in [3.63, 3.8) is 0 Å². The van der Waals surface area contributed by atoms with Gasteiger partial charge in [0.15, 0.2) is 11.4 Å². The Bertz CT molecular complexity index is 1330. The van der Waals surface area contributed by atoms with Crippen LogP contribution in [-0.4, -0.2) is 17.8 Å². The van der Waals surface area contributed by atoms with E-state index < -0.39 is 11.9 Å². The molecule has 1 aliphatic rings. The molecule has 0 aromatic heterocycles. The molecule has 0 spiro atoms. The lowest BCUT2D eigenvalue weighted by molar-refractivity contribution is -0.129. The molecule has 0 saturated carbocycles. The van der Waals surface area contributed by atoms with E-state index in [9.17, 15) is 9.59 Å². The first-order valence-electron chi connectivity index (χ1n) is 9.47. The van der Waals surface area contributed by atoms with E-state index in [1.54, 1.807) is 42.5 Å². The first-order chi connectivity index (χ1) is 15.7. The van der Waals surface area contributed by atoms with Gasteiger partial charge >= 0.3 is 11.9 Å². The van der Waals surface area contributed by atoms with E-state index in [1.165, 1.54) is 0 Å². The normalized spacial score (nSPS) is 14.3. The zero-order chi connectivity index (χ0) is 23.7. The Hall–Kier alpha value is -2.01. The summed E-state index contributed by atoms with van der Waals surface area (Å²) in [4.78, 5) is 29.2. The second kappa shape index (κ2) is 10.1. The second-order valence-corrected chi connectivity index (χ2v) is 10.4. The van der Waals surface area contributed by atoms with Crippen molar-refractivity contribution < 1.29 is 19.1 Å². The summed E-state index contributed by atoms with van der Waals surface area (Å²) in [7, 11) is 0. The number of aryl methyl sites for hydroxylation is 1. The Kier molecular flexibility index (Phi) is 7.37. The quantitative estimate of drug-likeness (QED) is 0.124. The van der Waals surface area contributed by atoms with Gasteiger partial charge in [0, 0.05) is 3.57 Å². The SMILES string of the molecule is Cc1ccc(C(=O)Oc2c(Br)cc(/C=C3\N=C(c4cc(I)ccc4Cl)OC3=O)cc2Br)cc1. The van der Waals surface area contributed by atoms with Gasteiger partial charge in [-0.05, 0) is 115 Å². The van der Waals surface area contributed by atoms with Crippen LogP contribution < -0.4 is 4.74 Å². The third-order valence-electron chi connectivity index (χ3n) is 4.59. The first-order valence-corrected chi connectivity index (χ1v) is 12.5. The zero-order valence-electron chi connectivity index (χ0n) is 16.9. The van der Waals surface area contributed by atoms with Crippen LogP contribution in [0.3, 0.4) is 0 Å². The molecule has 0 N–H and O–H groups in total. The topological polar surface area (TPSA) is 65.0 Å². The Morgan fingerprint density at radius 3 is 2.42 bits per heavy atom. The number of cyclic esters (lactones) is 1. The summed E-state index contributed by atoms with van der Waals surface area (Å²) >= 11 is 15.3. The third kappa shape index (κ3) is 5.56. The predicted octanol–water partition coefficient (Wildman–Crippen LogP) is 7.34. The number of aliphatic imine (C=N–C) groups is 1. The summed E-state index contributed by atoms with van der Waals surface area (Å²) in [5.41, 5.74) is 2.81. The molecule has 0 atom stereocenters. The number of benzene rings is 3. The second-order valence-electron chi connectivity index (χ2n) is 7.03. The van der Waals surface area contributed by atoms with Gasteiger partial charge in [-0.3, -0.25) is 0 Å². The number of esters is 2. The van der Waals surface area contributed by atoms with E-state index in [0.29, 0.717) is 36.4 Å². The molecule has 0 fully saturated rings. The Morgan fingerprint density at radius 2 is 1.76 bits per heavy atom. The summed E-state index contributed by atoms with van der Waals surface area (Å²) < 4.78 is 12.9. The lowest BCUT2D eigenvalue weighted by Gasteiger charge is -2.10. The van der Waals surface area contributed by atoms with Crippen molar-refractivity contribution in [1.82, 2.24) is 0 Å². The molecule has 0 saturated heterocycles. The number of hydrogen-bond donors (Lipinski definition) is 0. The maximum absolute atomic E-state index is 12.5. The Balaban J connectivity index is 1.60. The van der Waals surface area contributed by atoms with Crippen molar-refractivity contribution in [1.29, 1.82) is 0 Å². The molecule has 0 radical (unpaired) electrons. The molecule has 3 aromatic rings. The molecule has 166 valence electrons. The number of halogens is 4. The van der Waals surface area contributed by atoms with Crippen LogP contribution in [0.25, 0.3) is 6.08 Å². The standard InChI is InChI=1S/C24H13Br2ClINO4/c1-12-2-4-14(5-3-12)23(30)32-21-17(25)8-13(9-18(21)26)10-20-24(31)33-22(29-20)16-11-15(28)6-7-19(16)27/h2-11H,1H3/b20-10-. The monoisotopic (exact) mass is 699 g/mol. The fourth-order valence-electron chi connectivity index (χ4n) is 2.95. The van der Waals surface area contributed by atoms with Crippen LogP contribution in [0.15, 0.2) is 74.2 Å². The summed E-state index contributed by atoms with van der Waals surface area (Å²) in [5, 5.41) is 0.438. The van der Waals surface area contributed by atoms with Gasteiger partial charge < -0.3 is 9.47 Å². The van der Waals surface area contributed by atoms with E-state index in [-0.39, 0.29) is 11.6 Å². The van der Waals surface area contributed by atoms with Crippen molar-refractivity contribution in [2.45, 2.75) is 6.92 Å². The van der Waals surface area contributed by atoms with Crippen LogP contribution in [0.1, 0.15) is 27.0 Å². The van der Waals surface area contributed by atoms with Crippen molar-refractivity contribution in [2.75, 3.05) is 0 Å². The van der Waals surface area contributed by atoms with Gasteiger partial charge in [0.05, 0.1) is 25.1 Å². The van der Waals surface area contributed by atoms with E-state index in [0.717, 1.165) is 9.13 Å². The average Bonchev–Trinajstić information content (AvgIpc) is 3.12. The molecule has 1 heterocycles. The van der Waals surface area contributed by atoms with Crippen LogP contribution in [0.5, 0.6) is 5.75 Å². The van der Waals surface area contributed by atoms with Gasteiger partial charge in [-0.25, -0.2) is 14.6 Å². The predicted molar refractivity (Wildman–Crippen MR) is 143 cm³/mol. The molecule has 1 aliphatic heterocycles. The number of hydrogen-bond acceptors (Lipinski definition) is 5. The van der Waals surface area contributed by atoms with Gasteiger partial charge in [0.2, 0.25) is 5.90 Å². The fourth-order valence-corrected chi connectivity index (χ4v) is 5.02. The smallest absolute Gasteiger partial charge is 0.363 e. The van der Waals surface area contributed by atoms with Crippen LogP contribution in [0, 0.1) is 10.5 Å².